The molecule has 0 aromatic heterocycles. The lowest BCUT2D eigenvalue weighted by molar-refractivity contribution is -0.112. The minimum Gasteiger partial charge on any atom is -0.444 e. The topological polar surface area (TPSA) is 46.6 Å². The molecule has 0 unspecified atom stereocenters. The lowest BCUT2D eigenvalue weighted by Crippen LogP contribution is -2.49. The van der Waals surface area contributed by atoms with Gasteiger partial charge < -0.3 is 9.53 Å². The smallest absolute Gasteiger partial charge is 0.412 e. The number of amides is 1. The van der Waals surface area contributed by atoms with Gasteiger partial charge in [0, 0.05) is 5.75 Å². The maximum Gasteiger partial charge on any atom is 0.412 e. The van der Waals surface area contributed by atoms with E-state index in [1.165, 1.54) is 4.90 Å². The second kappa shape index (κ2) is 4.28. The van der Waals surface area contributed by atoms with E-state index >= 15 is 0 Å². The van der Waals surface area contributed by atoms with Crippen LogP contribution in [0, 0.1) is 0 Å². The van der Waals surface area contributed by atoms with Crippen molar-refractivity contribution in [2.24, 2.45) is 0 Å². The largest absolute Gasteiger partial charge is 0.444 e. The predicted octanol–water partition coefficient (Wildman–Crippen LogP) is 2.27. The molecule has 4 nitrogen and oxygen atoms in total. The molecule has 0 spiro atoms. The van der Waals surface area contributed by atoms with Gasteiger partial charge in [0.15, 0.2) is 0 Å². The minimum atomic E-state index is -0.534. The molecule has 0 aromatic carbocycles. The van der Waals surface area contributed by atoms with Crippen LogP contribution in [0.25, 0.3) is 0 Å². The molecule has 0 N–H and O–H groups in total. The van der Waals surface area contributed by atoms with Crippen molar-refractivity contribution in [1.82, 2.24) is 4.90 Å². The van der Waals surface area contributed by atoms with Crippen LogP contribution in [0.1, 0.15) is 34.6 Å². The van der Waals surface area contributed by atoms with E-state index in [4.69, 9.17) is 4.74 Å². The van der Waals surface area contributed by atoms with E-state index in [0.29, 0.717) is 5.75 Å². The highest BCUT2D eigenvalue weighted by Gasteiger charge is 2.45. The Kier molecular flexibility index (Phi) is 3.57. The molecule has 1 rings (SSSR count). The van der Waals surface area contributed by atoms with Gasteiger partial charge in [-0.25, -0.2) is 4.79 Å². The Labute approximate surface area is 101 Å². The molecule has 92 valence electrons. The van der Waals surface area contributed by atoms with E-state index < -0.39 is 11.7 Å². The molecule has 0 aliphatic carbocycles. The Morgan fingerprint density at radius 1 is 1.50 bits per heavy atom. The predicted molar refractivity (Wildman–Crippen MR) is 64.5 cm³/mol. The van der Waals surface area contributed by atoms with Crippen LogP contribution in [0.15, 0.2) is 0 Å². The summed E-state index contributed by atoms with van der Waals surface area (Å²) in [5, 5.41) is 0. The number of rotatable bonds is 1. The third kappa shape index (κ3) is 2.90. The lowest BCUT2D eigenvalue weighted by Gasteiger charge is -2.34. The fraction of sp³-hybridized carbons (Fsp3) is 0.818. The number of aldehydes is 1. The average Bonchev–Trinajstić information content (AvgIpc) is 2.37. The van der Waals surface area contributed by atoms with Crippen molar-refractivity contribution in [3.63, 3.8) is 0 Å². The summed E-state index contributed by atoms with van der Waals surface area (Å²) in [5.74, 6) is 0.635. The molecule has 5 heteroatoms. The molecule has 1 atom stereocenters. The molecule has 1 aliphatic rings. The Morgan fingerprint density at radius 3 is 2.50 bits per heavy atom. The number of hydrogen-bond donors (Lipinski definition) is 0. The van der Waals surface area contributed by atoms with Crippen LogP contribution in [-0.2, 0) is 9.53 Å². The SMILES string of the molecule is CC(C)(C)OC(=O)N1[C@H](C=O)CSC1(C)C. The molecule has 0 radical (unpaired) electrons. The molecule has 1 heterocycles. The number of hydrogen-bond acceptors (Lipinski definition) is 4. The van der Waals surface area contributed by atoms with Crippen molar-refractivity contribution < 1.29 is 14.3 Å². The number of carbonyl (C=O) groups is 2. The highest BCUT2D eigenvalue weighted by molar-refractivity contribution is 8.00. The molecule has 16 heavy (non-hydrogen) atoms. The van der Waals surface area contributed by atoms with Crippen LogP contribution >= 0.6 is 11.8 Å². The molecule has 1 aliphatic heterocycles. The summed E-state index contributed by atoms with van der Waals surface area (Å²) in [5.41, 5.74) is -0.534. The van der Waals surface area contributed by atoms with Crippen LogP contribution < -0.4 is 0 Å². The summed E-state index contributed by atoms with van der Waals surface area (Å²) in [7, 11) is 0. The van der Waals surface area contributed by atoms with Crippen LogP contribution in [0.5, 0.6) is 0 Å². The van der Waals surface area contributed by atoms with Crippen molar-refractivity contribution in [3.05, 3.63) is 0 Å². The molecule has 0 bridgehead atoms. The fourth-order valence-electron chi connectivity index (χ4n) is 1.60. The Bertz CT molecular complexity index is 296. The summed E-state index contributed by atoms with van der Waals surface area (Å²) in [6.45, 7) is 9.29. The summed E-state index contributed by atoms with van der Waals surface area (Å²) in [6, 6.07) is -0.380. The van der Waals surface area contributed by atoms with E-state index in [1.807, 2.05) is 34.6 Å². The van der Waals surface area contributed by atoms with Crippen molar-refractivity contribution in [2.75, 3.05) is 5.75 Å². The third-order valence-corrected chi connectivity index (χ3v) is 3.68. The first-order valence-corrected chi connectivity index (χ1v) is 6.27. The zero-order chi connectivity index (χ0) is 12.6. The molecule has 1 fully saturated rings. The first-order chi connectivity index (χ1) is 7.17. The van der Waals surface area contributed by atoms with Crippen LogP contribution in [0.4, 0.5) is 4.79 Å². The zero-order valence-electron chi connectivity index (χ0n) is 10.4. The highest BCUT2D eigenvalue weighted by Crippen LogP contribution is 2.38. The van der Waals surface area contributed by atoms with E-state index in [0.717, 1.165) is 6.29 Å². The van der Waals surface area contributed by atoms with Gasteiger partial charge in [-0.3, -0.25) is 4.90 Å². The molecular weight excluding hydrogens is 226 g/mol. The van der Waals surface area contributed by atoms with Crippen LogP contribution in [0.2, 0.25) is 0 Å². The molecular formula is C11H19NO3S. The monoisotopic (exact) mass is 245 g/mol. The molecule has 0 aromatic rings. The first-order valence-electron chi connectivity index (χ1n) is 5.29. The lowest BCUT2D eigenvalue weighted by atomic mass is 10.2. The quantitative estimate of drug-likeness (QED) is 0.665. The first kappa shape index (κ1) is 13.4. The minimum absolute atomic E-state index is 0.380. The number of thioether (sulfide) groups is 1. The van der Waals surface area contributed by atoms with Gasteiger partial charge in [-0.2, -0.15) is 0 Å². The maximum absolute atomic E-state index is 12.0. The highest BCUT2D eigenvalue weighted by atomic mass is 32.2. The van der Waals surface area contributed by atoms with Crippen molar-refractivity contribution in [3.8, 4) is 0 Å². The van der Waals surface area contributed by atoms with Gasteiger partial charge in [-0.05, 0) is 34.6 Å². The van der Waals surface area contributed by atoms with Gasteiger partial charge in [0.2, 0.25) is 0 Å². The Hall–Kier alpha value is -0.710. The van der Waals surface area contributed by atoms with Crippen LogP contribution in [0.3, 0.4) is 0 Å². The second-order valence-electron chi connectivity index (χ2n) is 5.31. The normalized spacial score (nSPS) is 24.3. The third-order valence-electron chi connectivity index (χ3n) is 2.27. The van der Waals surface area contributed by atoms with E-state index in [2.05, 4.69) is 0 Å². The number of nitrogens with zero attached hydrogens (tertiary/aromatic N) is 1. The van der Waals surface area contributed by atoms with E-state index in [1.54, 1.807) is 11.8 Å². The number of carbonyl (C=O) groups excluding carboxylic acids is 2. The Morgan fingerprint density at radius 2 is 2.06 bits per heavy atom. The van der Waals surface area contributed by atoms with Crippen LogP contribution in [-0.4, -0.2) is 39.5 Å². The zero-order valence-corrected chi connectivity index (χ0v) is 11.3. The average molecular weight is 245 g/mol. The molecule has 0 saturated carbocycles. The molecule has 1 amide bonds. The van der Waals surface area contributed by atoms with Gasteiger partial charge >= 0.3 is 6.09 Å². The van der Waals surface area contributed by atoms with Gasteiger partial charge in [-0.1, -0.05) is 0 Å². The van der Waals surface area contributed by atoms with Gasteiger partial charge in [-0.15, -0.1) is 11.8 Å². The number of ether oxygens (including phenoxy) is 1. The van der Waals surface area contributed by atoms with Gasteiger partial charge in [0.25, 0.3) is 0 Å². The van der Waals surface area contributed by atoms with Gasteiger partial charge in [0.1, 0.15) is 17.9 Å². The molecule has 1 saturated heterocycles. The van der Waals surface area contributed by atoms with Crippen molar-refractivity contribution in [2.45, 2.75) is 51.1 Å². The summed E-state index contributed by atoms with van der Waals surface area (Å²) >= 11 is 1.59. The summed E-state index contributed by atoms with van der Waals surface area (Å²) in [4.78, 5) is 24.0. The fourth-order valence-corrected chi connectivity index (χ4v) is 2.75. The summed E-state index contributed by atoms with van der Waals surface area (Å²) < 4.78 is 5.30. The van der Waals surface area contributed by atoms with E-state index in [-0.39, 0.29) is 10.9 Å². The van der Waals surface area contributed by atoms with E-state index in [9.17, 15) is 9.59 Å². The van der Waals surface area contributed by atoms with Crippen molar-refractivity contribution in [1.29, 1.82) is 0 Å². The second-order valence-corrected chi connectivity index (χ2v) is 6.93. The van der Waals surface area contributed by atoms with Gasteiger partial charge in [0.05, 0.1) is 4.87 Å². The van der Waals surface area contributed by atoms with Crippen molar-refractivity contribution >= 4 is 24.1 Å². The Balaban J connectivity index is 2.83. The standard InChI is InChI=1S/C11H19NO3S/c1-10(2,3)15-9(14)12-8(6-13)7-16-11(12,4)5/h6,8H,7H2,1-5H3/t8-/m1/s1. The summed E-state index contributed by atoms with van der Waals surface area (Å²) in [6.07, 6.45) is 0.394. The maximum atomic E-state index is 12.0.